The summed E-state index contributed by atoms with van der Waals surface area (Å²) in [7, 11) is 0. The maximum Gasteiger partial charge on any atom is 0.407 e. The van der Waals surface area contributed by atoms with Crippen LogP contribution in [0.1, 0.15) is 60.7 Å². The van der Waals surface area contributed by atoms with Crippen molar-refractivity contribution >= 4 is 12.4 Å². The lowest BCUT2D eigenvalue weighted by atomic mass is 9.97. The quantitative estimate of drug-likeness (QED) is 0.639. The van der Waals surface area contributed by atoms with Gasteiger partial charge in [-0.3, -0.25) is 4.79 Å². The van der Waals surface area contributed by atoms with Crippen LogP contribution in [0, 0.1) is 13.8 Å². The first-order valence-corrected chi connectivity index (χ1v) is 7.75. The van der Waals surface area contributed by atoms with Gasteiger partial charge in [0.1, 0.15) is 11.9 Å². The van der Waals surface area contributed by atoms with Crippen LogP contribution in [0.25, 0.3) is 0 Å². The van der Waals surface area contributed by atoms with Gasteiger partial charge in [0.25, 0.3) is 0 Å². The molecule has 0 atom stereocenters. The van der Waals surface area contributed by atoms with Gasteiger partial charge in [-0.15, -0.1) is 0 Å². The third-order valence-corrected chi connectivity index (χ3v) is 3.39. The van der Waals surface area contributed by atoms with Crippen LogP contribution < -0.4 is 5.32 Å². The molecule has 0 spiro atoms. The number of carbonyl (C=O) groups excluding carboxylic acids is 2. The normalized spacial score (nSPS) is 11.1. The molecular weight excluding hydrogens is 278 g/mol. The lowest BCUT2D eigenvalue weighted by Gasteiger charge is -2.19. The first-order valence-electron chi connectivity index (χ1n) is 7.75. The Hall–Kier alpha value is -1.84. The maximum atomic E-state index is 11.5. The smallest absolute Gasteiger partial charge is 0.407 e. The van der Waals surface area contributed by atoms with Crippen LogP contribution >= 0.6 is 0 Å². The molecule has 1 aromatic rings. The van der Waals surface area contributed by atoms with Crippen molar-refractivity contribution in [1.29, 1.82) is 0 Å². The van der Waals surface area contributed by atoms with Crippen LogP contribution in [-0.2, 0) is 11.2 Å². The number of unbranched alkanes of at least 4 members (excludes halogenated alkanes) is 1. The molecule has 0 radical (unpaired) electrons. The molecule has 0 bridgehead atoms. The van der Waals surface area contributed by atoms with Crippen LogP contribution in [-0.4, -0.2) is 24.5 Å². The highest BCUT2D eigenvalue weighted by molar-refractivity contribution is 5.77. The number of aryl methyl sites for hydroxylation is 3. The molecule has 0 fully saturated rings. The van der Waals surface area contributed by atoms with Gasteiger partial charge in [0, 0.05) is 12.1 Å². The monoisotopic (exact) mass is 305 g/mol. The van der Waals surface area contributed by atoms with E-state index in [0.29, 0.717) is 6.54 Å². The van der Waals surface area contributed by atoms with Crippen molar-refractivity contribution < 1.29 is 14.3 Å². The van der Waals surface area contributed by atoms with Gasteiger partial charge in [-0.25, -0.2) is 4.79 Å². The standard InChI is InChI=1S/C18H27NO3/c1-13-11-16(12-20)14(2)10-15(13)8-6-7-9-19-17(21)22-18(3,4)5/h10-12H,6-9H2,1-5H3,(H,19,21). The van der Waals surface area contributed by atoms with E-state index in [2.05, 4.69) is 11.4 Å². The highest BCUT2D eigenvalue weighted by Crippen LogP contribution is 2.17. The fraction of sp³-hybridized carbons (Fsp3) is 0.556. The second kappa shape index (κ2) is 7.97. The number of rotatable bonds is 6. The van der Waals surface area contributed by atoms with Crippen molar-refractivity contribution in [1.82, 2.24) is 5.32 Å². The molecule has 0 aliphatic rings. The van der Waals surface area contributed by atoms with Crippen LogP contribution in [0.4, 0.5) is 4.79 Å². The molecule has 1 aromatic carbocycles. The van der Waals surface area contributed by atoms with Crippen molar-refractivity contribution in [2.45, 2.75) is 59.5 Å². The molecule has 4 heteroatoms. The van der Waals surface area contributed by atoms with E-state index in [0.717, 1.165) is 42.2 Å². The summed E-state index contributed by atoms with van der Waals surface area (Å²) >= 11 is 0. The summed E-state index contributed by atoms with van der Waals surface area (Å²) in [6.07, 6.45) is 3.36. The number of nitrogens with one attached hydrogen (secondary N) is 1. The SMILES string of the molecule is Cc1cc(CCCCNC(=O)OC(C)(C)C)c(C)cc1C=O. The van der Waals surface area contributed by atoms with E-state index < -0.39 is 5.60 Å². The average Bonchev–Trinajstić information content (AvgIpc) is 2.39. The number of carbonyl (C=O) groups is 2. The van der Waals surface area contributed by atoms with Crippen molar-refractivity contribution in [3.8, 4) is 0 Å². The van der Waals surface area contributed by atoms with Gasteiger partial charge in [0.05, 0.1) is 0 Å². The van der Waals surface area contributed by atoms with Gasteiger partial charge >= 0.3 is 6.09 Å². The van der Waals surface area contributed by atoms with Crippen LogP contribution in [0.2, 0.25) is 0 Å². The number of alkyl carbamates (subject to hydrolysis) is 1. The summed E-state index contributed by atoms with van der Waals surface area (Å²) < 4.78 is 5.18. The van der Waals surface area contributed by atoms with E-state index in [9.17, 15) is 9.59 Å². The Bertz CT molecular complexity index is 530. The first-order chi connectivity index (χ1) is 10.2. The molecule has 122 valence electrons. The van der Waals surface area contributed by atoms with E-state index in [1.54, 1.807) is 0 Å². The second-order valence-corrected chi connectivity index (χ2v) is 6.64. The van der Waals surface area contributed by atoms with Crippen molar-refractivity contribution in [2.24, 2.45) is 0 Å². The summed E-state index contributed by atoms with van der Waals surface area (Å²) in [6, 6.07) is 4.02. The van der Waals surface area contributed by atoms with Crippen LogP contribution in [0.15, 0.2) is 12.1 Å². The molecule has 0 aliphatic carbocycles. The topological polar surface area (TPSA) is 55.4 Å². The summed E-state index contributed by atoms with van der Waals surface area (Å²) in [6.45, 7) is 10.1. The molecule has 4 nitrogen and oxygen atoms in total. The minimum absolute atomic E-state index is 0.366. The lowest BCUT2D eigenvalue weighted by molar-refractivity contribution is 0.0527. The van der Waals surface area contributed by atoms with E-state index in [1.165, 1.54) is 5.56 Å². The Morgan fingerprint density at radius 3 is 2.45 bits per heavy atom. The summed E-state index contributed by atoms with van der Waals surface area (Å²) in [4.78, 5) is 22.4. The first kappa shape index (κ1) is 18.2. The van der Waals surface area contributed by atoms with E-state index in [-0.39, 0.29) is 6.09 Å². The molecular formula is C18H27NO3. The average molecular weight is 305 g/mol. The number of benzene rings is 1. The molecule has 0 heterocycles. The third kappa shape index (κ3) is 6.29. The molecule has 22 heavy (non-hydrogen) atoms. The summed E-state index contributed by atoms with van der Waals surface area (Å²) in [5.74, 6) is 0. The minimum atomic E-state index is -0.459. The zero-order valence-corrected chi connectivity index (χ0v) is 14.3. The largest absolute Gasteiger partial charge is 0.444 e. The maximum absolute atomic E-state index is 11.5. The Kier molecular flexibility index (Phi) is 6.60. The zero-order chi connectivity index (χ0) is 16.8. The fourth-order valence-corrected chi connectivity index (χ4v) is 2.24. The zero-order valence-electron chi connectivity index (χ0n) is 14.3. The van der Waals surface area contributed by atoms with E-state index >= 15 is 0 Å². The van der Waals surface area contributed by atoms with Crippen molar-refractivity contribution in [3.05, 3.63) is 34.4 Å². The Balaban J connectivity index is 2.35. The molecule has 1 amide bonds. The number of hydrogen-bond donors (Lipinski definition) is 1. The van der Waals surface area contributed by atoms with Gasteiger partial charge in [-0.2, -0.15) is 0 Å². The van der Waals surface area contributed by atoms with Crippen LogP contribution in [0.3, 0.4) is 0 Å². The predicted octanol–water partition coefficient (Wildman–Crippen LogP) is 3.96. The molecule has 1 N–H and O–H groups in total. The van der Waals surface area contributed by atoms with Gasteiger partial charge < -0.3 is 10.1 Å². The molecule has 0 aliphatic heterocycles. The molecule has 0 saturated carbocycles. The number of ether oxygens (including phenoxy) is 1. The Labute approximate surface area is 133 Å². The molecule has 1 rings (SSSR count). The number of aldehydes is 1. The highest BCUT2D eigenvalue weighted by atomic mass is 16.6. The van der Waals surface area contributed by atoms with Crippen LogP contribution in [0.5, 0.6) is 0 Å². The van der Waals surface area contributed by atoms with Gasteiger partial charge in [-0.05, 0) is 76.6 Å². The minimum Gasteiger partial charge on any atom is -0.444 e. The predicted molar refractivity (Wildman–Crippen MR) is 88.5 cm³/mol. The number of amides is 1. The van der Waals surface area contributed by atoms with Gasteiger partial charge in [-0.1, -0.05) is 6.07 Å². The van der Waals surface area contributed by atoms with E-state index in [4.69, 9.17) is 4.74 Å². The number of hydrogen-bond acceptors (Lipinski definition) is 3. The highest BCUT2D eigenvalue weighted by Gasteiger charge is 2.15. The van der Waals surface area contributed by atoms with Gasteiger partial charge in [0.2, 0.25) is 0 Å². The van der Waals surface area contributed by atoms with Gasteiger partial charge in [0.15, 0.2) is 0 Å². The third-order valence-electron chi connectivity index (χ3n) is 3.39. The molecule has 0 saturated heterocycles. The second-order valence-electron chi connectivity index (χ2n) is 6.64. The molecule has 0 unspecified atom stereocenters. The van der Waals surface area contributed by atoms with E-state index in [1.807, 2.05) is 40.7 Å². The van der Waals surface area contributed by atoms with Crippen molar-refractivity contribution in [3.63, 3.8) is 0 Å². The molecule has 0 aromatic heterocycles. The summed E-state index contributed by atoms with van der Waals surface area (Å²) in [5, 5.41) is 2.76. The van der Waals surface area contributed by atoms with Crippen molar-refractivity contribution in [2.75, 3.05) is 6.54 Å². The Morgan fingerprint density at radius 1 is 1.18 bits per heavy atom. The summed E-state index contributed by atoms with van der Waals surface area (Å²) in [5.41, 5.74) is 3.72. The Morgan fingerprint density at radius 2 is 1.86 bits per heavy atom. The fourth-order valence-electron chi connectivity index (χ4n) is 2.24. The lowest BCUT2D eigenvalue weighted by Crippen LogP contribution is -2.33.